The van der Waals surface area contributed by atoms with Gasteiger partial charge < -0.3 is 15.3 Å². The summed E-state index contributed by atoms with van der Waals surface area (Å²) in [7, 11) is 0. The second-order valence-corrected chi connectivity index (χ2v) is 7.10. The number of aliphatic hydroxyl groups excluding tert-OH is 1. The summed E-state index contributed by atoms with van der Waals surface area (Å²) in [6, 6.07) is 41.6. The molecule has 0 bridgehead atoms. The highest BCUT2D eigenvalue weighted by molar-refractivity contribution is 5.86. The van der Waals surface area contributed by atoms with Gasteiger partial charge in [0.05, 0.1) is 6.61 Å². The number of aliphatic hydroxyl groups is 1. The molecule has 4 aromatic rings. The minimum Gasteiger partial charge on any atom is -0.460 e. The number of carbonyl (C=O) groups is 1. The molecule has 0 unspecified atom stereocenters. The molecule has 0 heterocycles. The molecule has 4 aromatic carbocycles. The maximum atomic E-state index is 10.5. The molecule has 0 radical (unpaired) electrons. The lowest BCUT2D eigenvalue weighted by Gasteiger charge is -1.99. The van der Waals surface area contributed by atoms with Gasteiger partial charge >= 0.3 is 5.97 Å². The molecule has 34 heavy (non-hydrogen) atoms. The Morgan fingerprint density at radius 1 is 0.647 bits per heavy atom. The summed E-state index contributed by atoms with van der Waals surface area (Å²) in [4.78, 5) is 10.5. The van der Waals surface area contributed by atoms with Crippen molar-refractivity contribution in [2.45, 2.75) is 6.92 Å². The van der Waals surface area contributed by atoms with Crippen molar-refractivity contribution in [2.24, 2.45) is 0 Å². The summed E-state index contributed by atoms with van der Waals surface area (Å²) >= 11 is 0. The number of ether oxygens (including phenoxy) is 1. The molecule has 0 saturated carbocycles. The molecule has 4 nitrogen and oxygen atoms in total. The first kappa shape index (κ1) is 28.0. The molecular formula is C30H32O4. The summed E-state index contributed by atoms with van der Waals surface area (Å²) in [5.41, 5.74) is 5.45. The number of hydrogen-bond acceptors (Lipinski definition) is 3. The zero-order valence-electron chi connectivity index (χ0n) is 19.4. The van der Waals surface area contributed by atoms with Crippen LogP contribution in [0.4, 0.5) is 0 Å². The van der Waals surface area contributed by atoms with Gasteiger partial charge in [-0.05, 0) is 29.2 Å². The first-order valence-electron chi connectivity index (χ1n) is 10.8. The van der Waals surface area contributed by atoms with Crippen LogP contribution in [-0.4, -0.2) is 29.8 Å². The summed E-state index contributed by atoms with van der Waals surface area (Å²) in [5, 5.41) is 8.19. The Kier molecular flexibility index (Phi) is 13.7. The molecule has 0 aliphatic carbocycles. The van der Waals surface area contributed by atoms with E-state index in [-0.39, 0.29) is 18.7 Å². The van der Waals surface area contributed by atoms with Crippen LogP contribution in [-0.2, 0) is 9.53 Å². The first-order valence-corrected chi connectivity index (χ1v) is 10.8. The van der Waals surface area contributed by atoms with Crippen LogP contribution in [0.2, 0.25) is 0 Å². The van der Waals surface area contributed by atoms with E-state index >= 15 is 0 Å². The lowest BCUT2D eigenvalue weighted by atomic mass is 10.1. The Labute approximate surface area is 202 Å². The minimum atomic E-state index is -0.455. The monoisotopic (exact) mass is 456 g/mol. The SMILES string of the molecule is C=C(C)C(=O)OCCO.O.c1ccc(-c2ccccc2)cc1.c1ccc(-c2ccccc2)cc1. The molecule has 0 amide bonds. The number of carbonyl (C=O) groups excluding carboxylic acids is 1. The maximum Gasteiger partial charge on any atom is 0.333 e. The number of hydrogen-bond donors (Lipinski definition) is 1. The topological polar surface area (TPSA) is 78.0 Å². The van der Waals surface area contributed by atoms with Crippen molar-refractivity contribution in [3.63, 3.8) is 0 Å². The van der Waals surface area contributed by atoms with Gasteiger partial charge in [0.2, 0.25) is 0 Å². The van der Waals surface area contributed by atoms with E-state index in [0.717, 1.165) is 0 Å². The summed E-state index contributed by atoms with van der Waals surface area (Å²) < 4.78 is 4.46. The van der Waals surface area contributed by atoms with Gasteiger partial charge in [-0.15, -0.1) is 0 Å². The van der Waals surface area contributed by atoms with E-state index in [9.17, 15) is 4.79 Å². The van der Waals surface area contributed by atoms with Crippen LogP contribution in [0, 0.1) is 0 Å². The lowest BCUT2D eigenvalue weighted by Crippen LogP contribution is -2.08. The number of esters is 1. The summed E-state index contributed by atoms with van der Waals surface area (Å²) in [6.07, 6.45) is 0. The molecule has 4 heteroatoms. The Bertz CT molecular complexity index is 914. The zero-order valence-corrected chi connectivity index (χ0v) is 19.4. The minimum absolute atomic E-state index is 0. The van der Waals surface area contributed by atoms with E-state index in [0.29, 0.717) is 5.57 Å². The Morgan fingerprint density at radius 3 is 1.12 bits per heavy atom. The quantitative estimate of drug-likeness (QED) is 0.296. The largest absolute Gasteiger partial charge is 0.460 e. The average molecular weight is 457 g/mol. The van der Waals surface area contributed by atoms with Gasteiger partial charge in [-0.2, -0.15) is 0 Å². The highest BCUT2D eigenvalue weighted by atomic mass is 16.5. The summed E-state index contributed by atoms with van der Waals surface area (Å²) in [5.74, 6) is -0.455. The fourth-order valence-electron chi connectivity index (χ4n) is 2.78. The van der Waals surface area contributed by atoms with Gasteiger partial charge in [-0.1, -0.05) is 128 Å². The van der Waals surface area contributed by atoms with Crippen LogP contribution in [0.1, 0.15) is 6.92 Å². The van der Waals surface area contributed by atoms with E-state index in [2.05, 4.69) is 108 Å². The van der Waals surface area contributed by atoms with E-state index < -0.39 is 5.97 Å². The van der Waals surface area contributed by atoms with Gasteiger partial charge in [0, 0.05) is 5.57 Å². The predicted molar refractivity (Wildman–Crippen MR) is 140 cm³/mol. The van der Waals surface area contributed by atoms with Crippen molar-refractivity contribution in [3.05, 3.63) is 133 Å². The van der Waals surface area contributed by atoms with Gasteiger partial charge in [0.15, 0.2) is 0 Å². The molecule has 0 atom stereocenters. The van der Waals surface area contributed by atoms with Crippen LogP contribution in [0.25, 0.3) is 22.3 Å². The van der Waals surface area contributed by atoms with E-state index in [1.807, 2.05) is 24.3 Å². The molecular weight excluding hydrogens is 424 g/mol. The average Bonchev–Trinajstić information content (AvgIpc) is 2.90. The van der Waals surface area contributed by atoms with Crippen molar-refractivity contribution in [2.75, 3.05) is 13.2 Å². The third kappa shape index (κ3) is 10.6. The molecule has 0 saturated heterocycles. The molecule has 176 valence electrons. The standard InChI is InChI=1S/2C12H10.C6H10O3.H2O/c2*1-3-7-11(8-4-1)12-9-5-2-6-10-12;1-5(2)6(8)9-4-3-7;/h2*1-10H;7H,1,3-4H2,2H3;1H2. The highest BCUT2D eigenvalue weighted by Gasteiger charge is 2.00. The fraction of sp³-hybridized carbons (Fsp3) is 0.100. The lowest BCUT2D eigenvalue weighted by molar-refractivity contribution is -0.139. The van der Waals surface area contributed by atoms with E-state index in [1.54, 1.807) is 6.92 Å². The van der Waals surface area contributed by atoms with Crippen molar-refractivity contribution < 1.29 is 20.1 Å². The third-order valence-electron chi connectivity index (χ3n) is 4.43. The molecule has 0 aliphatic heterocycles. The van der Waals surface area contributed by atoms with E-state index in [1.165, 1.54) is 22.3 Å². The van der Waals surface area contributed by atoms with E-state index in [4.69, 9.17) is 5.11 Å². The van der Waals surface area contributed by atoms with Crippen molar-refractivity contribution in [1.82, 2.24) is 0 Å². The van der Waals surface area contributed by atoms with Gasteiger partial charge in [-0.25, -0.2) is 4.79 Å². The van der Waals surface area contributed by atoms with Crippen molar-refractivity contribution in [1.29, 1.82) is 0 Å². The molecule has 3 N–H and O–H groups in total. The first-order chi connectivity index (χ1) is 16.1. The van der Waals surface area contributed by atoms with Crippen molar-refractivity contribution >= 4 is 5.97 Å². The molecule has 4 rings (SSSR count). The molecule has 0 aromatic heterocycles. The van der Waals surface area contributed by atoms with Crippen LogP contribution in [0.15, 0.2) is 133 Å². The molecule has 0 fully saturated rings. The second-order valence-electron chi connectivity index (χ2n) is 7.10. The van der Waals surface area contributed by atoms with Gasteiger partial charge in [0.25, 0.3) is 0 Å². The third-order valence-corrected chi connectivity index (χ3v) is 4.43. The van der Waals surface area contributed by atoms with Crippen LogP contribution in [0.3, 0.4) is 0 Å². The van der Waals surface area contributed by atoms with Crippen LogP contribution >= 0.6 is 0 Å². The number of rotatable bonds is 5. The maximum absolute atomic E-state index is 10.5. The Morgan fingerprint density at radius 2 is 0.912 bits per heavy atom. The predicted octanol–water partition coefficient (Wildman–Crippen LogP) is 5.98. The smallest absolute Gasteiger partial charge is 0.333 e. The summed E-state index contributed by atoms with van der Waals surface area (Å²) in [6.45, 7) is 4.81. The highest BCUT2D eigenvalue weighted by Crippen LogP contribution is 2.18. The van der Waals surface area contributed by atoms with Crippen LogP contribution < -0.4 is 0 Å². The fourth-order valence-corrected chi connectivity index (χ4v) is 2.78. The van der Waals surface area contributed by atoms with Crippen LogP contribution in [0.5, 0.6) is 0 Å². The molecule has 0 aliphatic rings. The Hall–Kier alpha value is -3.99. The zero-order chi connectivity index (χ0) is 23.7. The van der Waals surface area contributed by atoms with Gasteiger partial charge in [0.1, 0.15) is 6.61 Å². The number of benzene rings is 4. The normalized spacial score (nSPS) is 9.12. The molecule has 0 spiro atoms. The Balaban J connectivity index is 0.000000255. The van der Waals surface area contributed by atoms with Gasteiger partial charge in [-0.3, -0.25) is 0 Å². The van der Waals surface area contributed by atoms with Crippen molar-refractivity contribution in [3.8, 4) is 22.3 Å². The second kappa shape index (κ2) is 16.6.